The lowest BCUT2D eigenvalue weighted by atomic mass is 9.89. The largest absolute Gasteiger partial charge is 0.480 e. The van der Waals surface area contributed by atoms with Gasteiger partial charge in [0.15, 0.2) is 5.78 Å². The van der Waals surface area contributed by atoms with Crippen molar-refractivity contribution < 1.29 is 19.5 Å². The third-order valence-electron chi connectivity index (χ3n) is 2.96. The van der Waals surface area contributed by atoms with Crippen LogP contribution in [0.4, 0.5) is 0 Å². The Labute approximate surface area is 116 Å². The zero-order chi connectivity index (χ0) is 14.6. The summed E-state index contributed by atoms with van der Waals surface area (Å²) < 4.78 is 0. The Kier molecular flexibility index (Phi) is 5.50. The molecule has 0 radical (unpaired) electrons. The van der Waals surface area contributed by atoms with Crippen LogP contribution in [0.1, 0.15) is 26.2 Å². The van der Waals surface area contributed by atoms with Crippen molar-refractivity contribution in [1.29, 1.82) is 0 Å². The zero-order valence-electron chi connectivity index (χ0n) is 10.6. The molecule has 0 heterocycles. The number of amides is 1. The number of nitrogens with one attached hydrogen (secondary N) is 1. The summed E-state index contributed by atoms with van der Waals surface area (Å²) in [4.78, 5) is 33.7. The third kappa shape index (κ3) is 4.65. The highest BCUT2D eigenvalue weighted by Gasteiger charge is 2.27. The van der Waals surface area contributed by atoms with E-state index < -0.39 is 24.0 Å². The number of Topliss-reactive ketones (excluding diaryl/α,β-unsaturated/α-hetero) is 1. The second-order valence-electron chi connectivity index (χ2n) is 4.66. The molecule has 1 rings (SSSR count). The van der Waals surface area contributed by atoms with Crippen molar-refractivity contribution >= 4 is 29.3 Å². The van der Waals surface area contributed by atoms with E-state index in [1.165, 1.54) is 6.92 Å². The van der Waals surface area contributed by atoms with Crippen molar-refractivity contribution in [1.82, 2.24) is 5.32 Å². The molecule has 6 nitrogen and oxygen atoms in total. The topological polar surface area (TPSA) is 109 Å². The predicted octanol–water partition coefficient (Wildman–Crippen LogP) is 0.395. The van der Waals surface area contributed by atoms with Gasteiger partial charge in [-0.3, -0.25) is 9.59 Å². The third-order valence-corrected chi connectivity index (χ3v) is 3.29. The molecule has 0 aromatic rings. The minimum absolute atomic E-state index is 0.135. The number of rotatable bonds is 5. The van der Waals surface area contributed by atoms with Crippen molar-refractivity contribution in [2.75, 3.05) is 0 Å². The molecular formula is C12H17ClN2O4. The van der Waals surface area contributed by atoms with Crippen LogP contribution in [0.25, 0.3) is 0 Å². The van der Waals surface area contributed by atoms with E-state index in [4.69, 9.17) is 22.4 Å². The lowest BCUT2D eigenvalue weighted by Crippen LogP contribution is -2.48. The normalized spacial score (nSPS) is 22.4. The minimum atomic E-state index is -1.13. The number of halogens is 1. The summed E-state index contributed by atoms with van der Waals surface area (Å²) in [5.74, 6) is -1.92. The highest BCUT2D eigenvalue weighted by Crippen LogP contribution is 2.26. The van der Waals surface area contributed by atoms with Crippen LogP contribution in [0, 0.1) is 5.92 Å². The fourth-order valence-corrected chi connectivity index (χ4v) is 2.11. The van der Waals surface area contributed by atoms with Crippen LogP contribution in [-0.4, -0.2) is 34.8 Å². The van der Waals surface area contributed by atoms with Gasteiger partial charge in [-0.05, 0) is 25.7 Å². The Morgan fingerprint density at radius 3 is 2.74 bits per heavy atom. The SMILES string of the molecule is C[C@H](N)C(=O)N[C@@H](C[C@@H]1C=C(Cl)C(=O)CC1)C(=O)O. The van der Waals surface area contributed by atoms with E-state index in [0.29, 0.717) is 12.8 Å². The van der Waals surface area contributed by atoms with Crippen LogP contribution < -0.4 is 11.1 Å². The minimum Gasteiger partial charge on any atom is -0.480 e. The molecule has 7 heteroatoms. The second kappa shape index (κ2) is 6.68. The van der Waals surface area contributed by atoms with Crippen molar-refractivity contribution in [2.24, 2.45) is 11.7 Å². The van der Waals surface area contributed by atoms with Gasteiger partial charge in [-0.15, -0.1) is 0 Å². The maximum absolute atomic E-state index is 11.4. The van der Waals surface area contributed by atoms with E-state index in [-0.39, 0.29) is 23.2 Å². The number of carboxylic acids is 1. The molecule has 1 amide bonds. The van der Waals surface area contributed by atoms with Gasteiger partial charge >= 0.3 is 5.97 Å². The predicted molar refractivity (Wildman–Crippen MR) is 69.5 cm³/mol. The van der Waals surface area contributed by atoms with Gasteiger partial charge in [0.1, 0.15) is 6.04 Å². The van der Waals surface area contributed by atoms with Crippen LogP contribution >= 0.6 is 11.6 Å². The van der Waals surface area contributed by atoms with Gasteiger partial charge < -0.3 is 16.2 Å². The number of allylic oxidation sites excluding steroid dienone is 2. The summed E-state index contributed by atoms with van der Waals surface area (Å²) in [6.45, 7) is 1.48. The zero-order valence-corrected chi connectivity index (χ0v) is 11.3. The van der Waals surface area contributed by atoms with Gasteiger partial charge in [-0.1, -0.05) is 17.7 Å². The Bertz CT molecular complexity index is 420. The summed E-state index contributed by atoms with van der Waals surface area (Å²) in [5, 5.41) is 11.6. The molecule has 3 atom stereocenters. The van der Waals surface area contributed by atoms with Gasteiger partial charge in [0.2, 0.25) is 5.91 Å². The molecule has 0 aromatic carbocycles. The first kappa shape index (κ1) is 15.7. The molecule has 0 aromatic heterocycles. The monoisotopic (exact) mass is 288 g/mol. The molecule has 0 aliphatic heterocycles. The van der Waals surface area contributed by atoms with Crippen LogP contribution in [-0.2, 0) is 14.4 Å². The Morgan fingerprint density at radius 2 is 2.26 bits per heavy atom. The highest BCUT2D eigenvalue weighted by molar-refractivity contribution is 6.42. The van der Waals surface area contributed by atoms with E-state index in [1.54, 1.807) is 6.08 Å². The van der Waals surface area contributed by atoms with Crippen LogP contribution in [0.2, 0.25) is 0 Å². The smallest absolute Gasteiger partial charge is 0.326 e. The van der Waals surface area contributed by atoms with Crippen molar-refractivity contribution in [3.63, 3.8) is 0 Å². The standard InChI is InChI=1S/C12H17ClN2O4/c1-6(14)11(17)15-9(12(18)19)5-7-2-3-10(16)8(13)4-7/h4,6-7,9H,2-3,5,14H2,1H3,(H,15,17)(H,18,19)/t6-,7-,9-/m0/s1. The molecule has 4 N–H and O–H groups in total. The lowest BCUT2D eigenvalue weighted by molar-refractivity contribution is -0.142. The molecule has 0 saturated carbocycles. The van der Waals surface area contributed by atoms with E-state index in [9.17, 15) is 14.4 Å². The molecule has 1 aliphatic rings. The molecule has 0 spiro atoms. The van der Waals surface area contributed by atoms with Crippen LogP contribution in [0.3, 0.4) is 0 Å². The number of carbonyl (C=O) groups excluding carboxylic acids is 2. The first-order valence-corrected chi connectivity index (χ1v) is 6.38. The van der Waals surface area contributed by atoms with Gasteiger partial charge in [-0.2, -0.15) is 0 Å². The number of hydrogen-bond donors (Lipinski definition) is 3. The average molecular weight is 289 g/mol. The Balaban J connectivity index is 2.67. The summed E-state index contributed by atoms with van der Waals surface area (Å²) >= 11 is 5.74. The van der Waals surface area contributed by atoms with E-state index in [2.05, 4.69) is 5.32 Å². The quantitative estimate of drug-likeness (QED) is 0.678. The average Bonchev–Trinajstić information content (AvgIpc) is 2.32. The number of carboxylic acid groups (broad SMARTS) is 1. The van der Waals surface area contributed by atoms with Gasteiger partial charge in [0.25, 0.3) is 0 Å². The first-order chi connectivity index (χ1) is 8.81. The number of hydrogen-bond acceptors (Lipinski definition) is 4. The molecule has 106 valence electrons. The maximum Gasteiger partial charge on any atom is 0.326 e. The van der Waals surface area contributed by atoms with Gasteiger partial charge in [0, 0.05) is 6.42 Å². The number of nitrogens with two attached hydrogens (primary N) is 1. The molecule has 19 heavy (non-hydrogen) atoms. The fourth-order valence-electron chi connectivity index (χ4n) is 1.83. The van der Waals surface area contributed by atoms with E-state index in [1.807, 2.05) is 0 Å². The number of carbonyl (C=O) groups is 3. The molecule has 1 aliphatic carbocycles. The van der Waals surface area contributed by atoms with Crippen molar-refractivity contribution in [3.05, 3.63) is 11.1 Å². The molecular weight excluding hydrogens is 272 g/mol. The second-order valence-corrected chi connectivity index (χ2v) is 5.07. The molecule has 0 unspecified atom stereocenters. The maximum atomic E-state index is 11.4. The lowest BCUT2D eigenvalue weighted by Gasteiger charge is -2.22. The fraction of sp³-hybridized carbons (Fsp3) is 0.583. The summed E-state index contributed by atoms with van der Waals surface area (Å²) in [6.07, 6.45) is 2.58. The van der Waals surface area contributed by atoms with E-state index >= 15 is 0 Å². The highest BCUT2D eigenvalue weighted by atomic mass is 35.5. The van der Waals surface area contributed by atoms with Crippen LogP contribution in [0.5, 0.6) is 0 Å². The van der Waals surface area contributed by atoms with Gasteiger partial charge in [-0.25, -0.2) is 4.79 Å². The summed E-state index contributed by atoms with van der Waals surface area (Å²) in [7, 11) is 0. The first-order valence-electron chi connectivity index (χ1n) is 6.00. The molecule has 0 fully saturated rings. The Hall–Kier alpha value is -1.40. The number of aliphatic carboxylic acids is 1. The summed E-state index contributed by atoms with van der Waals surface area (Å²) in [5.41, 5.74) is 5.38. The Morgan fingerprint density at radius 1 is 1.63 bits per heavy atom. The molecule has 0 saturated heterocycles. The van der Waals surface area contributed by atoms with Gasteiger partial charge in [0.05, 0.1) is 11.1 Å². The number of ketones is 1. The molecule has 0 bridgehead atoms. The van der Waals surface area contributed by atoms with E-state index in [0.717, 1.165) is 0 Å². The van der Waals surface area contributed by atoms with Crippen molar-refractivity contribution in [3.8, 4) is 0 Å². The van der Waals surface area contributed by atoms with Crippen LogP contribution in [0.15, 0.2) is 11.1 Å². The summed E-state index contributed by atoms with van der Waals surface area (Å²) in [6, 6.07) is -1.80. The van der Waals surface area contributed by atoms with Crippen molar-refractivity contribution in [2.45, 2.75) is 38.3 Å².